The molecule has 0 radical (unpaired) electrons. The van der Waals surface area contributed by atoms with E-state index in [0.717, 1.165) is 16.8 Å². The molecule has 3 nitrogen and oxygen atoms in total. The molecule has 0 aliphatic carbocycles. The highest BCUT2D eigenvalue weighted by Gasteiger charge is 2.06. The van der Waals surface area contributed by atoms with Gasteiger partial charge in [0.05, 0.1) is 19.3 Å². The van der Waals surface area contributed by atoms with Gasteiger partial charge >= 0.3 is 0 Å². The first-order chi connectivity index (χ1) is 10.1. The van der Waals surface area contributed by atoms with E-state index in [1.165, 1.54) is 12.1 Å². The zero-order valence-electron chi connectivity index (χ0n) is 12.1. The van der Waals surface area contributed by atoms with Crippen molar-refractivity contribution in [2.75, 3.05) is 18.5 Å². The molecule has 0 aliphatic rings. The summed E-state index contributed by atoms with van der Waals surface area (Å²) < 4.78 is 18.4. The molecule has 4 heteroatoms. The van der Waals surface area contributed by atoms with Gasteiger partial charge in [-0.3, -0.25) is 0 Å². The Morgan fingerprint density at radius 2 is 1.95 bits per heavy atom. The Kier molecular flexibility index (Phi) is 5.72. The molecule has 112 valence electrons. The predicted octanol–water partition coefficient (Wildman–Crippen LogP) is 3.12. The first kappa shape index (κ1) is 15.5. The van der Waals surface area contributed by atoms with Gasteiger partial charge in [0.1, 0.15) is 5.82 Å². The first-order valence-electron chi connectivity index (χ1n) is 6.95. The Hall–Kier alpha value is -1.91. The summed E-state index contributed by atoms with van der Waals surface area (Å²) in [4.78, 5) is 0. The summed E-state index contributed by atoms with van der Waals surface area (Å²) in [5.74, 6) is -0.259. The van der Waals surface area contributed by atoms with E-state index in [2.05, 4.69) is 5.32 Å². The average Bonchev–Trinajstić information content (AvgIpc) is 2.47. The second-order valence-corrected chi connectivity index (χ2v) is 4.99. The molecule has 0 heterocycles. The smallest absolute Gasteiger partial charge is 0.123 e. The minimum Gasteiger partial charge on any atom is -0.389 e. The predicted molar refractivity (Wildman–Crippen MR) is 81.7 cm³/mol. The third-order valence-electron chi connectivity index (χ3n) is 3.14. The second-order valence-electron chi connectivity index (χ2n) is 4.99. The number of benzene rings is 2. The van der Waals surface area contributed by atoms with Crippen molar-refractivity contribution in [1.82, 2.24) is 0 Å². The number of aryl methyl sites for hydroxylation is 1. The van der Waals surface area contributed by atoms with Crippen LogP contribution in [0.1, 0.15) is 11.1 Å². The Morgan fingerprint density at radius 3 is 2.67 bits per heavy atom. The maximum absolute atomic E-state index is 13.0. The zero-order valence-corrected chi connectivity index (χ0v) is 12.1. The maximum Gasteiger partial charge on any atom is 0.123 e. The fraction of sp³-hybridized carbons (Fsp3) is 0.294. The number of nitrogens with one attached hydrogen (secondary N) is 1. The third-order valence-corrected chi connectivity index (χ3v) is 3.14. The Bertz CT molecular complexity index is 560. The van der Waals surface area contributed by atoms with Gasteiger partial charge in [0.2, 0.25) is 0 Å². The number of hydrogen-bond donors (Lipinski definition) is 2. The highest BCUT2D eigenvalue weighted by atomic mass is 19.1. The molecule has 1 unspecified atom stereocenters. The second kappa shape index (κ2) is 7.76. The van der Waals surface area contributed by atoms with E-state index in [9.17, 15) is 9.50 Å². The standard InChI is InChI=1S/C17H20FNO2/c1-13-9-15(18)7-8-17(13)19-10-16(20)12-21-11-14-5-3-2-4-6-14/h2-9,16,19-20H,10-12H2,1H3. The van der Waals surface area contributed by atoms with E-state index in [-0.39, 0.29) is 12.4 Å². The number of aliphatic hydroxyl groups excluding tert-OH is 1. The summed E-state index contributed by atoms with van der Waals surface area (Å²) in [6, 6.07) is 14.3. The van der Waals surface area contributed by atoms with Crippen LogP contribution in [0.15, 0.2) is 48.5 Å². The van der Waals surface area contributed by atoms with Crippen molar-refractivity contribution in [3.05, 3.63) is 65.5 Å². The Balaban J connectivity index is 1.71. The minimum absolute atomic E-state index is 0.252. The fourth-order valence-corrected chi connectivity index (χ4v) is 2.00. The SMILES string of the molecule is Cc1cc(F)ccc1NCC(O)COCc1ccccc1. The van der Waals surface area contributed by atoms with Crippen LogP contribution in [0.25, 0.3) is 0 Å². The van der Waals surface area contributed by atoms with Crippen LogP contribution >= 0.6 is 0 Å². The van der Waals surface area contributed by atoms with Crippen LogP contribution in [0.3, 0.4) is 0 Å². The van der Waals surface area contributed by atoms with E-state index in [0.29, 0.717) is 13.2 Å². The van der Waals surface area contributed by atoms with Crippen LogP contribution in [0.4, 0.5) is 10.1 Å². The van der Waals surface area contributed by atoms with Crippen molar-refractivity contribution in [3.63, 3.8) is 0 Å². The summed E-state index contributed by atoms with van der Waals surface area (Å²) in [5.41, 5.74) is 2.71. The van der Waals surface area contributed by atoms with Crippen LogP contribution in [-0.2, 0) is 11.3 Å². The van der Waals surface area contributed by atoms with Crippen LogP contribution in [0.2, 0.25) is 0 Å². The molecule has 21 heavy (non-hydrogen) atoms. The number of anilines is 1. The van der Waals surface area contributed by atoms with Gasteiger partial charge in [-0.05, 0) is 36.2 Å². The van der Waals surface area contributed by atoms with Crippen molar-refractivity contribution in [2.24, 2.45) is 0 Å². The molecular formula is C17H20FNO2. The normalized spacial score (nSPS) is 12.1. The van der Waals surface area contributed by atoms with Crippen LogP contribution in [0.5, 0.6) is 0 Å². The van der Waals surface area contributed by atoms with Gasteiger partial charge < -0.3 is 15.2 Å². The van der Waals surface area contributed by atoms with Crippen molar-refractivity contribution < 1.29 is 14.2 Å². The van der Waals surface area contributed by atoms with E-state index < -0.39 is 6.10 Å². The molecule has 1 atom stereocenters. The molecule has 2 aromatic carbocycles. The molecule has 2 aromatic rings. The van der Waals surface area contributed by atoms with Crippen molar-refractivity contribution in [3.8, 4) is 0 Å². The Morgan fingerprint density at radius 1 is 1.19 bits per heavy atom. The lowest BCUT2D eigenvalue weighted by molar-refractivity contribution is 0.0348. The number of halogens is 1. The lowest BCUT2D eigenvalue weighted by Crippen LogP contribution is -2.25. The van der Waals surface area contributed by atoms with Crippen LogP contribution < -0.4 is 5.32 Å². The van der Waals surface area contributed by atoms with Gasteiger partial charge in [-0.25, -0.2) is 4.39 Å². The Labute approximate surface area is 124 Å². The molecule has 0 spiro atoms. The third kappa shape index (κ3) is 5.17. The molecule has 0 fully saturated rings. The number of aliphatic hydroxyl groups is 1. The lowest BCUT2D eigenvalue weighted by atomic mass is 10.2. The quantitative estimate of drug-likeness (QED) is 0.823. The van der Waals surface area contributed by atoms with Gasteiger partial charge in [0, 0.05) is 12.2 Å². The van der Waals surface area contributed by atoms with Crippen molar-refractivity contribution >= 4 is 5.69 Å². The molecule has 0 saturated heterocycles. The van der Waals surface area contributed by atoms with Gasteiger partial charge in [-0.2, -0.15) is 0 Å². The molecule has 0 aromatic heterocycles. The summed E-state index contributed by atoms with van der Waals surface area (Å²) in [5, 5.41) is 13.0. The van der Waals surface area contributed by atoms with Crippen molar-refractivity contribution in [1.29, 1.82) is 0 Å². The largest absolute Gasteiger partial charge is 0.389 e. The summed E-state index contributed by atoms with van der Waals surface area (Å²) in [7, 11) is 0. The average molecular weight is 289 g/mol. The van der Waals surface area contributed by atoms with Gasteiger partial charge in [-0.1, -0.05) is 30.3 Å². The zero-order chi connectivity index (χ0) is 15.1. The maximum atomic E-state index is 13.0. The number of hydrogen-bond acceptors (Lipinski definition) is 3. The lowest BCUT2D eigenvalue weighted by Gasteiger charge is -2.14. The number of rotatable bonds is 7. The van der Waals surface area contributed by atoms with Gasteiger partial charge in [-0.15, -0.1) is 0 Å². The summed E-state index contributed by atoms with van der Waals surface area (Å²) >= 11 is 0. The van der Waals surface area contributed by atoms with Crippen LogP contribution in [0, 0.1) is 12.7 Å². The molecule has 0 aliphatic heterocycles. The fourth-order valence-electron chi connectivity index (χ4n) is 2.00. The highest BCUT2D eigenvalue weighted by molar-refractivity contribution is 5.50. The van der Waals surface area contributed by atoms with Crippen LogP contribution in [-0.4, -0.2) is 24.4 Å². The molecule has 0 amide bonds. The molecular weight excluding hydrogens is 269 g/mol. The topological polar surface area (TPSA) is 41.5 Å². The van der Waals surface area contributed by atoms with Gasteiger partial charge in [0.15, 0.2) is 0 Å². The van der Waals surface area contributed by atoms with E-state index in [1.807, 2.05) is 37.3 Å². The molecule has 2 N–H and O–H groups in total. The first-order valence-corrected chi connectivity index (χ1v) is 6.95. The number of ether oxygens (including phenoxy) is 1. The molecule has 0 bridgehead atoms. The van der Waals surface area contributed by atoms with Gasteiger partial charge in [0.25, 0.3) is 0 Å². The van der Waals surface area contributed by atoms with E-state index >= 15 is 0 Å². The van der Waals surface area contributed by atoms with Crippen molar-refractivity contribution in [2.45, 2.75) is 19.6 Å². The highest BCUT2D eigenvalue weighted by Crippen LogP contribution is 2.15. The summed E-state index contributed by atoms with van der Waals surface area (Å²) in [6.07, 6.45) is -0.613. The van der Waals surface area contributed by atoms with E-state index in [4.69, 9.17) is 4.74 Å². The van der Waals surface area contributed by atoms with E-state index in [1.54, 1.807) is 6.07 Å². The summed E-state index contributed by atoms with van der Waals surface area (Å²) in [6.45, 7) is 2.92. The molecule has 0 saturated carbocycles. The molecule has 2 rings (SSSR count). The minimum atomic E-state index is -0.613. The monoisotopic (exact) mass is 289 g/mol.